The van der Waals surface area contributed by atoms with E-state index in [1.165, 1.54) is 24.8 Å². The van der Waals surface area contributed by atoms with Crippen molar-refractivity contribution < 1.29 is 29.1 Å². The summed E-state index contributed by atoms with van der Waals surface area (Å²) < 4.78 is 0. The molecule has 0 atom stereocenters. The third-order valence-electron chi connectivity index (χ3n) is 9.15. The fourth-order valence-corrected chi connectivity index (χ4v) is 6.42. The van der Waals surface area contributed by atoms with E-state index in [0.29, 0.717) is 51.9 Å². The van der Waals surface area contributed by atoms with Crippen LogP contribution in [0.5, 0.6) is 0 Å². The number of carbonyl (C=O) groups excluding carboxylic acids is 4. The second-order valence-corrected chi connectivity index (χ2v) is 12.5. The molecule has 0 bridgehead atoms. The van der Waals surface area contributed by atoms with Gasteiger partial charge in [0.2, 0.25) is 0 Å². The van der Waals surface area contributed by atoms with Gasteiger partial charge in [-0.25, -0.2) is 4.79 Å². The molecule has 0 unspecified atom stereocenters. The molecule has 3 aliphatic rings. The summed E-state index contributed by atoms with van der Waals surface area (Å²) in [5, 5.41) is 16.9. The zero-order valence-corrected chi connectivity index (χ0v) is 25.6. The Balaban J connectivity index is 1.26. The molecule has 5 amide bonds. The number of nitrogens with one attached hydrogen (secondary N) is 3. The molecule has 0 radical (unpaired) electrons. The highest BCUT2D eigenvalue weighted by molar-refractivity contribution is 6.23. The van der Waals surface area contributed by atoms with Crippen LogP contribution in [0.4, 0.5) is 16.2 Å². The molecule has 10 heteroatoms. The number of aliphatic carboxylic acids is 1. The first-order valence-electron chi connectivity index (χ1n) is 16.1. The van der Waals surface area contributed by atoms with Gasteiger partial charge in [0.05, 0.1) is 24.1 Å². The van der Waals surface area contributed by atoms with Crippen molar-refractivity contribution in [2.45, 2.75) is 70.3 Å². The summed E-state index contributed by atoms with van der Waals surface area (Å²) in [6, 6.07) is 17.9. The van der Waals surface area contributed by atoms with Crippen molar-refractivity contribution in [3.05, 3.63) is 94.0 Å². The third-order valence-corrected chi connectivity index (χ3v) is 9.15. The Morgan fingerprint density at radius 3 is 2.24 bits per heavy atom. The molecule has 46 heavy (non-hydrogen) atoms. The number of imide groups is 1. The van der Waals surface area contributed by atoms with Crippen molar-refractivity contribution in [2.24, 2.45) is 5.92 Å². The van der Waals surface area contributed by atoms with Gasteiger partial charge >= 0.3 is 12.0 Å². The number of rotatable bonds is 11. The molecule has 3 aromatic rings. The molecule has 6 rings (SSSR count). The molecule has 2 aliphatic carbocycles. The smallest absolute Gasteiger partial charge is 0.326 e. The minimum atomic E-state index is -0.989. The fraction of sp³-hybridized carbons (Fsp3) is 0.361. The van der Waals surface area contributed by atoms with Gasteiger partial charge in [-0.15, -0.1) is 0 Å². The number of fused-ring (bicyclic) bond motifs is 1. The molecule has 2 saturated carbocycles. The van der Waals surface area contributed by atoms with E-state index in [4.69, 9.17) is 5.11 Å². The lowest BCUT2D eigenvalue weighted by Crippen LogP contribution is -2.35. The van der Waals surface area contributed by atoms with E-state index in [1.54, 1.807) is 41.3 Å². The van der Waals surface area contributed by atoms with Crippen LogP contribution in [0.1, 0.15) is 105 Å². The predicted molar refractivity (Wildman–Crippen MR) is 173 cm³/mol. The SMILES string of the molecule is O=C(O)CCNC(=O)c1ccc(CN(C(=O)Nc2ccc3c(c2CC2CC2)C(=O)NC3=O)c2ccc(C3CCCCC3)cc2)cc1. The molecule has 1 aliphatic heterocycles. The minimum absolute atomic E-state index is 0.0297. The molecule has 1 heterocycles. The van der Waals surface area contributed by atoms with Crippen LogP contribution in [0, 0.1) is 5.92 Å². The van der Waals surface area contributed by atoms with Crippen molar-refractivity contribution in [1.82, 2.24) is 10.6 Å². The number of nitrogens with zero attached hydrogens (tertiary/aromatic N) is 1. The number of urea groups is 1. The van der Waals surface area contributed by atoms with E-state index in [0.717, 1.165) is 31.2 Å². The number of amides is 5. The Labute approximate surface area is 267 Å². The Bertz CT molecular complexity index is 1660. The third kappa shape index (κ3) is 7.11. The van der Waals surface area contributed by atoms with E-state index in [2.05, 4.69) is 28.1 Å². The second kappa shape index (κ2) is 13.6. The predicted octanol–water partition coefficient (Wildman–Crippen LogP) is 6.01. The average Bonchev–Trinajstić information content (AvgIpc) is 3.83. The average molecular weight is 623 g/mol. The Kier molecular flexibility index (Phi) is 9.14. The van der Waals surface area contributed by atoms with Crippen LogP contribution in [0.15, 0.2) is 60.7 Å². The fourth-order valence-electron chi connectivity index (χ4n) is 6.42. The normalized spacial score (nSPS) is 16.0. The number of carbonyl (C=O) groups is 5. The summed E-state index contributed by atoms with van der Waals surface area (Å²) in [6.45, 7) is 0.235. The number of anilines is 2. The minimum Gasteiger partial charge on any atom is -0.481 e. The molecule has 10 nitrogen and oxygen atoms in total. The number of carboxylic acid groups (broad SMARTS) is 1. The maximum absolute atomic E-state index is 14.1. The van der Waals surface area contributed by atoms with Crippen LogP contribution in [-0.2, 0) is 17.8 Å². The van der Waals surface area contributed by atoms with Crippen molar-refractivity contribution in [1.29, 1.82) is 0 Å². The first-order valence-corrected chi connectivity index (χ1v) is 16.1. The Morgan fingerprint density at radius 1 is 0.848 bits per heavy atom. The van der Waals surface area contributed by atoms with Gasteiger partial charge in [0.15, 0.2) is 0 Å². The summed E-state index contributed by atoms with van der Waals surface area (Å²) in [6.07, 6.45) is 8.57. The molecule has 0 saturated heterocycles. The Hall–Kier alpha value is -4.99. The van der Waals surface area contributed by atoms with E-state index < -0.39 is 17.8 Å². The molecule has 2 fully saturated rings. The largest absolute Gasteiger partial charge is 0.481 e. The monoisotopic (exact) mass is 622 g/mol. The van der Waals surface area contributed by atoms with Crippen LogP contribution in [0.2, 0.25) is 0 Å². The number of benzene rings is 3. The van der Waals surface area contributed by atoms with Gasteiger partial charge in [-0.1, -0.05) is 43.5 Å². The van der Waals surface area contributed by atoms with Gasteiger partial charge < -0.3 is 15.7 Å². The molecule has 0 spiro atoms. The van der Waals surface area contributed by atoms with Gasteiger partial charge in [-0.3, -0.25) is 29.4 Å². The number of hydrogen-bond acceptors (Lipinski definition) is 5. The van der Waals surface area contributed by atoms with Gasteiger partial charge in [-0.2, -0.15) is 0 Å². The first-order chi connectivity index (χ1) is 22.3. The zero-order chi connectivity index (χ0) is 32.2. The van der Waals surface area contributed by atoms with Crippen LogP contribution in [-0.4, -0.2) is 41.4 Å². The van der Waals surface area contributed by atoms with Crippen LogP contribution >= 0.6 is 0 Å². The highest BCUT2D eigenvalue weighted by Gasteiger charge is 2.34. The van der Waals surface area contributed by atoms with Gasteiger partial charge in [0.25, 0.3) is 17.7 Å². The number of hydrogen-bond donors (Lipinski definition) is 4. The van der Waals surface area contributed by atoms with E-state index in [1.807, 2.05) is 12.1 Å². The molecule has 4 N–H and O–H groups in total. The second-order valence-electron chi connectivity index (χ2n) is 12.5. The quantitative estimate of drug-likeness (QED) is 0.193. The van der Waals surface area contributed by atoms with E-state index in [9.17, 15) is 24.0 Å². The van der Waals surface area contributed by atoms with Crippen molar-refractivity contribution in [3.8, 4) is 0 Å². The lowest BCUT2D eigenvalue weighted by Gasteiger charge is -2.26. The summed E-state index contributed by atoms with van der Waals surface area (Å²) >= 11 is 0. The van der Waals surface area contributed by atoms with Gasteiger partial charge in [-0.05, 0) is 97.0 Å². The van der Waals surface area contributed by atoms with E-state index in [-0.39, 0.29) is 31.4 Å². The molecule has 3 aromatic carbocycles. The maximum Gasteiger partial charge on any atom is 0.326 e. The molecule has 0 aromatic heterocycles. The molecular weight excluding hydrogens is 584 g/mol. The molecule has 238 valence electrons. The van der Waals surface area contributed by atoms with Crippen molar-refractivity contribution >= 4 is 41.1 Å². The highest BCUT2D eigenvalue weighted by atomic mass is 16.4. The standard InChI is InChI=1S/C36H38N4O6/c41-31(42)18-19-37-33(43)26-10-8-23(9-11-26)21-40(27-14-12-25(13-15-27)24-4-2-1-3-5-24)36(46)38-30-17-16-28-32(35(45)39-34(28)44)29(30)20-22-6-7-22/h8-17,22,24H,1-7,18-21H2,(H,37,43)(H,38,46)(H,41,42)(H,39,44,45). The van der Waals surface area contributed by atoms with Gasteiger partial charge in [0.1, 0.15) is 0 Å². The zero-order valence-electron chi connectivity index (χ0n) is 25.6. The van der Waals surface area contributed by atoms with E-state index >= 15 is 0 Å². The van der Waals surface area contributed by atoms with Crippen LogP contribution in [0.25, 0.3) is 0 Å². The lowest BCUT2D eigenvalue weighted by molar-refractivity contribution is -0.136. The summed E-state index contributed by atoms with van der Waals surface area (Å²) in [7, 11) is 0. The Morgan fingerprint density at radius 2 is 1.57 bits per heavy atom. The maximum atomic E-state index is 14.1. The van der Waals surface area contributed by atoms with Crippen LogP contribution < -0.4 is 20.9 Å². The summed E-state index contributed by atoms with van der Waals surface area (Å²) in [5.41, 5.74) is 5.01. The van der Waals surface area contributed by atoms with Crippen molar-refractivity contribution in [2.75, 3.05) is 16.8 Å². The topological polar surface area (TPSA) is 145 Å². The summed E-state index contributed by atoms with van der Waals surface area (Å²) in [4.78, 5) is 64.1. The molecular formula is C36H38N4O6. The summed E-state index contributed by atoms with van der Waals surface area (Å²) in [5.74, 6) is -1.29. The van der Waals surface area contributed by atoms with Crippen LogP contribution in [0.3, 0.4) is 0 Å². The first kappa shape index (κ1) is 31.0. The van der Waals surface area contributed by atoms with Gasteiger partial charge in [0, 0.05) is 23.5 Å². The highest BCUT2D eigenvalue weighted by Crippen LogP contribution is 2.38. The lowest BCUT2D eigenvalue weighted by atomic mass is 9.84. The number of carboxylic acids is 1. The van der Waals surface area contributed by atoms with Crippen molar-refractivity contribution in [3.63, 3.8) is 0 Å².